The molecule has 1 heterocycles. The van der Waals surface area contributed by atoms with E-state index < -0.39 is 5.60 Å². The van der Waals surface area contributed by atoms with Gasteiger partial charge in [-0.25, -0.2) is 0 Å². The number of aryl methyl sites for hydroxylation is 2. The standard InChI is InChI=1S/C18H34N4O2/c1-9-19-16(20-11-17(4,5)22(7)8)21-12-18(6,23)15-10-13(2)24-14(15)3/h10,23H,9,11-12H2,1-8H3,(H2,19,20,21). The fourth-order valence-corrected chi connectivity index (χ4v) is 2.27. The fraction of sp³-hybridized carbons (Fsp3) is 0.722. The summed E-state index contributed by atoms with van der Waals surface area (Å²) in [5, 5.41) is 17.3. The summed E-state index contributed by atoms with van der Waals surface area (Å²) in [6, 6.07) is 1.89. The number of aliphatic hydroxyl groups is 1. The van der Waals surface area contributed by atoms with Gasteiger partial charge in [0, 0.05) is 17.6 Å². The molecule has 0 bridgehead atoms. The minimum atomic E-state index is -1.03. The molecule has 0 saturated heterocycles. The Kier molecular flexibility index (Phi) is 6.86. The molecule has 1 rings (SSSR count). The van der Waals surface area contributed by atoms with Crippen LogP contribution in [0.2, 0.25) is 0 Å². The Labute approximate surface area is 146 Å². The van der Waals surface area contributed by atoms with Gasteiger partial charge in [0.2, 0.25) is 0 Å². The summed E-state index contributed by atoms with van der Waals surface area (Å²) in [6.07, 6.45) is 0. The molecule has 138 valence electrons. The van der Waals surface area contributed by atoms with E-state index in [-0.39, 0.29) is 5.54 Å². The Balaban J connectivity index is 2.80. The molecule has 1 aromatic rings. The van der Waals surface area contributed by atoms with Crippen LogP contribution in [-0.2, 0) is 5.60 Å². The van der Waals surface area contributed by atoms with Crippen molar-refractivity contribution < 1.29 is 9.52 Å². The van der Waals surface area contributed by atoms with E-state index in [9.17, 15) is 5.11 Å². The number of likely N-dealkylation sites (N-methyl/N-ethyl adjacent to an activating group) is 1. The molecule has 0 aliphatic heterocycles. The Morgan fingerprint density at radius 2 is 1.88 bits per heavy atom. The molecule has 0 amide bonds. The molecule has 3 N–H and O–H groups in total. The van der Waals surface area contributed by atoms with Crippen LogP contribution in [0, 0.1) is 13.8 Å². The third kappa shape index (κ3) is 5.53. The first-order valence-corrected chi connectivity index (χ1v) is 8.49. The number of aliphatic imine (C=N–C) groups is 1. The van der Waals surface area contributed by atoms with Crippen molar-refractivity contribution in [2.45, 2.75) is 52.7 Å². The first-order valence-electron chi connectivity index (χ1n) is 8.49. The quantitative estimate of drug-likeness (QED) is 0.524. The van der Waals surface area contributed by atoms with Gasteiger partial charge in [-0.15, -0.1) is 0 Å². The first-order chi connectivity index (χ1) is 11.0. The van der Waals surface area contributed by atoms with Gasteiger partial charge in [-0.05, 0) is 61.7 Å². The van der Waals surface area contributed by atoms with E-state index in [0.29, 0.717) is 19.0 Å². The lowest BCUT2D eigenvalue weighted by molar-refractivity contribution is 0.0601. The number of nitrogens with zero attached hydrogens (tertiary/aromatic N) is 2. The van der Waals surface area contributed by atoms with E-state index in [1.807, 2.05) is 40.9 Å². The van der Waals surface area contributed by atoms with Gasteiger partial charge < -0.3 is 25.1 Å². The zero-order valence-corrected chi connectivity index (χ0v) is 16.4. The Morgan fingerprint density at radius 1 is 1.25 bits per heavy atom. The van der Waals surface area contributed by atoms with Crippen LogP contribution in [0.5, 0.6) is 0 Å². The molecule has 0 aromatic carbocycles. The van der Waals surface area contributed by atoms with Gasteiger partial charge in [-0.1, -0.05) is 0 Å². The van der Waals surface area contributed by atoms with Crippen molar-refractivity contribution in [1.82, 2.24) is 15.5 Å². The van der Waals surface area contributed by atoms with Gasteiger partial charge in [0.25, 0.3) is 0 Å². The third-order valence-corrected chi connectivity index (χ3v) is 4.40. The molecule has 6 heteroatoms. The maximum atomic E-state index is 10.8. The lowest BCUT2D eigenvalue weighted by atomic mass is 9.96. The highest BCUT2D eigenvalue weighted by Crippen LogP contribution is 2.26. The SMILES string of the molecule is CCNC(=NCC(C)(C)N(C)C)NCC(C)(O)c1cc(C)oc1C. The van der Waals surface area contributed by atoms with Gasteiger partial charge in [0.1, 0.15) is 17.1 Å². The number of furan rings is 1. The summed E-state index contributed by atoms with van der Waals surface area (Å²) in [6.45, 7) is 13.6. The number of rotatable bonds is 7. The lowest BCUT2D eigenvalue weighted by Gasteiger charge is -2.31. The smallest absolute Gasteiger partial charge is 0.191 e. The van der Waals surface area contributed by atoms with Crippen molar-refractivity contribution >= 4 is 5.96 Å². The van der Waals surface area contributed by atoms with Gasteiger partial charge in [-0.3, -0.25) is 4.99 Å². The average Bonchev–Trinajstić information content (AvgIpc) is 2.81. The number of guanidine groups is 1. The second-order valence-electron chi connectivity index (χ2n) is 7.36. The zero-order chi connectivity index (χ0) is 18.5. The summed E-state index contributed by atoms with van der Waals surface area (Å²) in [5.41, 5.74) is -0.268. The lowest BCUT2D eigenvalue weighted by Crippen LogP contribution is -2.46. The molecule has 6 nitrogen and oxygen atoms in total. The molecule has 0 aliphatic carbocycles. The summed E-state index contributed by atoms with van der Waals surface area (Å²) in [4.78, 5) is 6.80. The Bertz CT molecular complexity index is 559. The predicted octanol–water partition coefficient (Wildman–Crippen LogP) is 2.00. The van der Waals surface area contributed by atoms with E-state index in [1.54, 1.807) is 6.92 Å². The van der Waals surface area contributed by atoms with Gasteiger partial charge >= 0.3 is 0 Å². The second kappa shape index (κ2) is 8.03. The number of hydrogen-bond donors (Lipinski definition) is 3. The molecule has 1 atom stereocenters. The van der Waals surface area contributed by atoms with Crippen LogP contribution in [-0.4, -0.2) is 55.2 Å². The van der Waals surface area contributed by atoms with E-state index in [4.69, 9.17) is 4.42 Å². The second-order valence-corrected chi connectivity index (χ2v) is 7.36. The molecular formula is C18H34N4O2. The number of nitrogens with one attached hydrogen (secondary N) is 2. The zero-order valence-electron chi connectivity index (χ0n) is 16.4. The highest BCUT2D eigenvalue weighted by atomic mass is 16.3. The van der Waals surface area contributed by atoms with E-state index in [1.165, 1.54) is 0 Å². The van der Waals surface area contributed by atoms with Crippen LogP contribution >= 0.6 is 0 Å². The van der Waals surface area contributed by atoms with Gasteiger partial charge in [0.05, 0.1) is 13.1 Å². The molecule has 24 heavy (non-hydrogen) atoms. The molecular weight excluding hydrogens is 304 g/mol. The summed E-state index contributed by atoms with van der Waals surface area (Å²) in [5.74, 6) is 2.25. The topological polar surface area (TPSA) is 73.0 Å². The minimum absolute atomic E-state index is 0.0386. The first kappa shape index (κ1) is 20.5. The normalized spacial score (nSPS) is 15.5. The van der Waals surface area contributed by atoms with Crippen molar-refractivity contribution in [2.24, 2.45) is 4.99 Å². The highest BCUT2D eigenvalue weighted by molar-refractivity contribution is 5.79. The van der Waals surface area contributed by atoms with Crippen LogP contribution in [0.15, 0.2) is 15.5 Å². The minimum Gasteiger partial charge on any atom is -0.466 e. The Hall–Kier alpha value is -1.53. The van der Waals surface area contributed by atoms with Crippen molar-refractivity contribution in [2.75, 3.05) is 33.7 Å². The van der Waals surface area contributed by atoms with Gasteiger partial charge in [-0.2, -0.15) is 0 Å². The molecule has 0 aliphatic rings. The van der Waals surface area contributed by atoms with Crippen molar-refractivity contribution in [3.8, 4) is 0 Å². The molecule has 0 spiro atoms. The van der Waals surface area contributed by atoms with Crippen molar-refractivity contribution in [3.63, 3.8) is 0 Å². The van der Waals surface area contributed by atoms with E-state index in [0.717, 1.165) is 23.6 Å². The summed E-state index contributed by atoms with van der Waals surface area (Å²) < 4.78 is 5.53. The molecule has 1 aromatic heterocycles. The average molecular weight is 338 g/mol. The van der Waals surface area contributed by atoms with Crippen LogP contribution in [0.3, 0.4) is 0 Å². The van der Waals surface area contributed by atoms with Crippen LogP contribution in [0.4, 0.5) is 0 Å². The van der Waals surface area contributed by atoms with Crippen LogP contribution < -0.4 is 10.6 Å². The monoisotopic (exact) mass is 338 g/mol. The third-order valence-electron chi connectivity index (χ3n) is 4.40. The van der Waals surface area contributed by atoms with E-state index >= 15 is 0 Å². The maximum absolute atomic E-state index is 10.8. The van der Waals surface area contributed by atoms with Crippen molar-refractivity contribution in [3.05, 3.63) is 23.2 Å². The molecule has 0 saturated carbocycles. The number of hydrogen-bond acceptors (Lipinski definition) is 4. The molecule has 0 radical (unpaired) electrons. The van der Waals surface area contributed by atoms with E-state index in [2.05, 4.69) is 34.4 Å². The van der Waals surface area contributed by atoms with Gasteiger partial charge in [0.15, 0.2) is 5.96 Å². The predicted molar refractivity (Wildman–Crippen MR) is 99.5 cm³/mol. The molecule has 0 fully saturated rings. The highest BCUT2D eigenvalue weighted by Gasteiger charge is 2.28. The largest absolute Gasteiger partial charge is 0.466 e. The fourth-order valence-electron chi connectivity index (χ4n) is 2.27. The molecule has 1 unspecified atom stereocenters. The van der Waals surface area contributed by atoms with Crippen LogP contribution in [0.1, 0.15) is 44.8 Å². The van der Waals surface area contributed by atoms with Crippen LogP contribution in [0.25, 0.3) is 0 Å². The summed E-state index contributed by atoms with van der Waals surface area (Å²) >= 11 is 0. The summed E-state index contributed by atoms with van der Waals surface area (Å²) in [7, 11) is 4.09. The maximum Gasteiger partial charge on any atom is 0.191 e. The Morgan fingerprint density at radius 3 is 2.33 bits per heavy atom. The van der Waals surface area contributed by atoms with Crippen molar-refractivity contribution in [1.29, 1.82) is 0 Å².